The number of nitrogens with one attached hydrogen (secondary N) is 1. The van der Waals surface area contributed by atoms with Crippen LogP contribution in [0.5, 0.6) is 0 Å². The molecule has 1 saturated carbocycles. The molecule has 1 aliphatic heterocycles. The second kappa shape index (κ2) is 6.99. The number of hydrogen-bond acceptors (Lipinski definition) is 3. The predicted octanol–water partition coefficient (Wildman–Crippen LogP) is 3.41. The molecule has 3 atom stereocenters. The highest BCUT2D eigenvalue weighted by molar-refractivity contribution is 5.68. The monoisotopic (exact) mass is 296 g/mol. The van der Waals surface area contributed by atoms with Crippen LogP contribution < -0.4 is 5.32 Å². The molecule has 0 radical (unpaired) electrons. The Labute approximate surface area is 129 Å². The van der Waals surface area contributed by atoms with Gasteiger partial charge in [0.15, 0.2) is 0 Å². The number of nitrogens with zero attached hydrogens (tertiary/aromatic N) is 1. The van der Waals surface area contributed by atoms with E-state index in [0.29, 0.717) is 6.04 Å². The lowest BCUT2D eigenvalue weighted by Crippen LogP contribution is -2.50. The van der Waals surface area contributed by atoms with Crippen LogP contribution in [0, 0.1) is 11.8 Å². The number of amides is 1. The van der Waals surface area contributed by atoms with Gasteiger partial charge in [-0.1, -0.05) is 13.3 Å². The fourth-order valence-electron chi connectivity index (χ4n) is 3.48. The van der Waals surface area contributed by atoms with Crippen molar-refractivity contribution in [1.82, 2.24) is 10.2 Å². The molecule has 0 bridgehead atoms. The van der Waals surface area contributed by atoms with Crippen LogP contribution in [0.2, 0.25) is 0 Å². The van der Waals surface area contributed by atoms with Crippen LogP contribution >= 0.6 is 0 Å². The molecule has 0 aromatic carbocycles. The molecule has 1 N–H and O–H groups in total. The Morgan fingerprint density at radius 2 is 2.05 bits per heavy atom. The van der Waals surface area contributed by atoms with E-state index in [0.717, 1.165) is 37.9 Å². The van der Waals surface area contributed by atoms with Crippen LogP contribution in [0.15, 0.2) is 0 Å². The summed E-state index contributed by atoms with van der Waals surface area (Å²) in [5, 5.41) is 3.68. The smallest absolute Gasteiger partial charge is 0.410 e. The maximum Gasteiger partial charge on any atom is 0.410 e. The zero-order valence-electron chi connectivity index (χ0n) is 14.2. The highest BCUT2D eigenvalue weighted by Crippen LogP contribution is 2.29. The summed E-state index contributed by atoms with van der Waals surface area (Å²) in [4.78, 5) is 14.0. The summed E-state index contributed by atoms with van der Waals surface area (Å²) >= 11 is 0. The minimum atomic E-state index is -0.405. The van der Waals surface area contributed by atoms with Crippen molar-refractivity contribution >= 4 is 6.09 Å². The van der Waals surface area contributed by atoms with Gasteiger partial charge in [0, 0.05) is 19.1 Å². The van der Waals surface area contributed by atoms with E-state index in [1.165, 1.54) is 25.7 Å². The summed E-state index contributed by atoms with van der Waals surface area (Å²) in [7, 11) is 0. The number of rotatable bonds is 3. The minimum Gasteiger partial charge on any atom is -0.444 e. The Hall–Kier alpha value is -0.770. The first-order chi connectivity index (χ1) is 9.83. The highest BCUT2D eigenvalue weighted by atomic mass is 16.6. The quantitative estimate of drug-likeness (QED) is 0.867. The summed E-state index contributed by atoms with van der Waals surface area (Å²) < 4.78 is 5.48. The Kier molecular flexibility index (Phi) is 5.53. The second-order valence-electron chi connectivity index (χ2n) is 7.96. The first-order valence-electron chi connectivity index (χ1n) is 8.55. The van der Waals surface area contributed by atoms with Gasteiger partial charge < -0.3 is 15.0 Å². The molecule has 4 nitrogen and oxygen atoms in total. The Bertz CT molecular complexity index is 351. The molecule has 3 unspecified atom stereocenters. The number of likely N-dealkylation sites (tertiary alicyclic amines) is 1. The van der Waals surface area contributed by atoms with Crippen molar-refractivity contribution in [3.63, 3.8) is 0 Å². The van der Waals surface area contributed by atoms with Crippen molar-refractivity contribution in [2.24, 2.45) is 11.8 Å². The molecule has 1 aliphatic carbocycles. The van der Waals surface area contributed by atoms with Gasteiger partial charge in [0.05, 0.1) is 0 Å². The normalized spacial score (nSPS) is 30.5. The maximum absolute atomic E-state index is 12.1. The van der Waals surface area contributed by atoms with E-state index < -0.39 is 5.60 Å². The highest BCUT2D eigenvalue weighted by Gasteiger charge is 2.28. The Balaban J connectivity index is 1.74. The molecule has 2 aliphatic rings. The molecule has 1 amide bonds. The lowest BCUT2D eigenvalue weighted by molar-refractivity contribution is 0.0186. The fraction of sp³-hybridized carbons (Fsp3) is 0.941. The minimum absolute atomic E-state index is 0.163. The van der Waals surface area contributed by atoms with Crippen LogP contribution in [0.4, 0.5) is 4.79 Å². The zero-order valence-corrected chi connectivity index (χ0v) is 14.2. The molecule has 21 heavy (non-hydrogen) atoms. The van der Waals surface area contributed by atoms with E-state index >= 15 is 0 Å². The molecule has 0 aromatic rings. The number of ether oxygens (including phenoxy) is 1. The largest absolute Gasteiger partial charge is 0.444 e. The summed E-state index contributed by atoms with van der Waals surface area (Å²) in [5.41, 5.74) is -0.405. The first-order valence-corrected chi connectivity index (χ1v) is 8.55. The van der Waals surface area contributed by atoms with Gasteiger partial charge in [0.25, 0.3) is 0 Å². The number of hydrogen-bond donors (Lipinski definition) is 1. The Morgan fingerprint density at radius 1 is 1.29 bits per heavy atom. The molecule has 0 spiro atoms. The van der Waals surface area contributed by atoms with Crippen LogP contribution in [-0.2, 0) is 4.74 Å². The van der Waals surface area contributed by atoms with Gasteiger partial charge in [-0.05, 0) is 64.8 Å². The van der Waals surface area contributed by atoms with Gasteiger partial charge in [0.2, 0.25) is 0 Å². The maximum atomic E-state index is 12.1. The second-order valence-corrected chi connectivity index (χ2v) is 7.96. The van der Waals surface area contributed by atoms with E-state index in [2.05, 4.69) is 12.2 Å². The van der Waals surface area contributed by atoms with Crippen molar-refractivity contribution in [2.45, 2.75) is 71.4 Å². The van der Waals surface area contributed by atoms with Gasteiger partial charge >= 0.3 is 6.09 Å². The van der Waals surface area contributed by atoms with Crippen molar-refractivity contribution in [3.8, 4) is 0 Å². The number of carbonyl (C=O) groups excluding carboxylic acids is 1. The molecule has 2 rings (SSSR count). The van der Waals surface area contributed by atoms with Crippen LogP contribution in [0.25, 0.3) is 0 Å². The van der Waals surface area contributed by atoms with E-state index in [9.17, 15) is 4.79 Å². The average molecular weight is 296 g/mol. The van der Waals surface area contributed by atoms with Crippen molar-refractivity contribution < 1.29 is 9.53 Å². The van der Waals surface area contributed by atoms with Gasteiger partial charge in [0.1, 0.15) is 5.60 Å². The van der Waals surface area contributed by atoms with Crippen molar-refractivity contribution in [3.05, 3.63) is 0 Å². The third kappa shape index (κ3) is 5.50. The molecule has 4 heteroatoms. The van der Waals surface area contributed by atoms with Crippen molar-refractivity contribution in [1.29, 1.82) is 0 Å². The van der Waals surface area contributed by atoms with E-state index in [1.807, 2.05) is 25.7 Å². The Morgan fingerprint density at radius 3 is 2.67 bits per heavy atom. The van der Waals surface area contributed by atoms with E-state index in [4.69, 9.17) is 4.74 Å². The number of piperidine rings is 1. The lowest BCUT2D eigenvalue weighted by atomic mass is 10.0. The first kappa shape index (κ1) is 16.6. The molecular formula is C17H32N2O2. The third-order valence-electron chi connectivity index (χ3n) is 4.57. The lowest BCUT2D eigenvalue weighted by Gasteiger charge is -2.35. The molecule has 1 heterocycles. The van der Waals surface area contributed by atoms with E-state index in [-0.39, 0.29) is 6.09 Å². The van der Waals surface area contributed by atoms with Crippen LogP contribution in [-0.4, -0.2) is 42.3 Å². The van der Waals surface area contributed by atoms with Crippen LogP contribution in [0.3, 0.4) is 0 Å². The molecular weight excluding hydrogens is 264 g/mol. The van der Waals surface area contributed by atoms with E-state index in [1.54, 1.807) is 0 Å². The van der Waals surface area contributed by atoms with Gasteiger partial charge in [-0.2, -0.15) is 0 Å². The molecule has 2 fully saturated rings. The number of carbonyl (C=O) groups is 1. The topological polar surface area (TPSA) is 41.6 Å². The third-order valence-corrected chi connectivity index (χ3v) is 4.57. The molecule has 1 saturated heterocycles. The molecule has 122 valence electrons. The van der Waals surface area contributed by atoms with Gasteiger partial charge in [-0.25, -0.2) is 4.79 Å². The van der Waals surface area contributed by atoms with Gasteiger partial charge in [-0.15, -0.1) is 0 Å². The molecule has 0 aromatic heterocycles. The van der Waals surface area contributed by atoms with Gasteiger partial charge in [-0.3, -0.25) is 0 Å². The summed E-state index contributed by atoms with van der Waals surface area (Å²) in [6, 6.07) is 0.433. The zero-order chi connectivity index (χ0) is 15.5. The van der Waals surface area contributed by atoms with Crippen molar-refractivity contribution in [2.75, 3.05) is 19.6 Å². The standard InChI is InChI=1S/C17H32N2O2/c1-13-7-8-14(10-13)11-18-15-6-5-9-19(12-15)16(20)21-17(2,3)4/h13-15,18H,5-12H2,1-4H3. The summed E-state index contributed by atoms with van der Waals surface area (Å²) in [6.45, 7) is 10.8. The fourth-order valence-corrected chi connectivity index (χ4v) is 3.48. The summed E-state index contributed by atoms with van der Waals surface area (Å²) in [5.74, 6) is 1.72. The average Bonchev–Trinajstić information content (AvgIpc) is 2.81. The SMILES string of the molecule is CC1CCC(CNC2CCCN(C(=O)OC(C)(C)C)C2)C1. The summed E-state index contributed by atoms with van der Waals surface area (Å²) in [6.07, 6.45) is 6.16. The van der Waals surface area contributed by atoms with Crippen LogP contribution in [0.1, 0.15) is 59.8 Å². The predicted molar refractivity (Wildman–Crippen MR) is 85.3 cm³/mol.